The van der Waals surface area contributed by atoms with Gasteiger partial charge in [-0.05, 0) is 48.6 Å². The molecule has 0 radical (unpaired) electrons. The van der Waals surface area contributed by atoms with Gasteiger partial charge < -0.3 is 14.8 Å². The Morgan fingerprint density at radius 1 is 1.03 bits per heavy atom. The molecule has 2 aliphatic heterocycles. The minimum atomic E-state index is -0.160. The summed E-state index contributed by atoms with van der Waals surface area (Å²) >= 11 is 0. The van der Waals surface area contributed by atoms with E-state index >= 15 is 0 Å². The van der Waals surface area contributed by atoms with Gasteiger partial charge in [-0.25, -0.2) is 0 Å². The first-order chi connectivity index (χ1) is 14.9. The number of rotatable bonds is 6. The van der Waals surface area contributed by atoms with E-state index in [1.165, 1.54) is 11.1 Å². The molecule has 2 aliphatic rings. The van der Waals surface area contributed by atoms with E-state index in [4.69, 9.17) is 9.47 Å². The first-order valence-electron chi connectivity index (χ1n) is 11.2. The van der Waals surface area contributed by atoms with Crippen molar-refractivity contribution < 1.29 is 14.3 Å². The molecule has 0 unspecified atom stereocenters. The van der Waals surface area contributed by atoms with Crippen LogP contribution >= 0.6 is 0 Å². The number of carbonyl (C=O) groups excluding carboxylic acids is 1. The molecule has 1 amide bonds. The zero-order valence-electron chi connectivity index (χ0n) is 19.0. The molecule has 0 spiro atoms. The largest absolute Gasteiger partial charge is 0.454 e. The predicted molar refractivity (Wildman–Crippen MR) is 123 cm³/mol. The summed E-state index contributed by atoms with van der Waals surface area (Å²) in [7, 11) is 0. The molecule has 1 atom stereocenters. The molecule has 1 fully saturated rings. The molecule has 6 heteroatoms. The molecule has 0 bridgehead atoms. The molecule has 0 aliphatic carbocycles. The number of aryl methyl sites for hydroxylation is 1. The maximum atomic E-state index is 13.0. The fourth-order valence-electron chi connectivity index (χ4n) is 4.34. The van der Waals surface area contributed by atoms with Crippen molar-refractivity contribution in [2.24, 2.45) is 0 Å². The highest BCUT2D eigenvalue weighted by molar-refractivity contribution is 5.96. The lowest BCUT2D eigenvalue weighted by Gasteiger charge is -2.37. The first kappa shape index (κ1) is 21.7. The van der Waals surface area contributed by atoms with Gasteiger partial charge in [0.2, 0.25) is 12.7 Å². The van der Waals surface area contributed by atoms with Crippen LogP contribution in [0.25, 0.3) is 0 Å². The number of anilines is 1. The summed E-state index contributed by atoms with van der Waals surface area (Å²) in [5.74, 6) is 2.09. The van der Waals surface area contributed by atoms with Crippen LogP contribution in [0.15, 0.2) is 36.4 Å². The normalized spacial score (nSPS) is 17.7. The van der Waals surface area contributed by atoms with Gasteiger partial charge in [-0.15, -0.1) is 0 Å². The van der Waals surface area contributed by atoms with Crippen LogP contribution < -0.4 is 14.8 Å². The van der Waals surface area contributed by atoms with E-state index in [0.717, 1.165) is 55.5 Å². The SMILES string of the molecule is Cc1cccc(C(C)C)c1NC(=O)[C@@H](C)N1CCN(Cc2ccc3c(c2)OCO3)CC1. The molecule has 1 saturated heterocycles. The van der Waals surface area contributed by atoms with Gasteiger partial charge in [-0.1, -0.05) is 38.1 Å². The van der Waals surface area contributed by atoms with Gasteiger partial charge in [0.05, 0.1) is 6.04 Å². The van der Waals surface area contributed by atoms with Crippen LogP contribution in [0.4, 0.5) is 5.69 Å². The summed E-state index contributed by atoms with van der Waals surface area (Å²) in [6.45, 7) is 13.2. The van der Waals surface area contributed by atoms with E-state index < -0.39 is 0 Å². The zero-order chi connectivity index (χ0) is 22.0. The summed E-state index contributed by atoms with van der Waals surface area (Å²) in [6.07, 6.45) is 0. The van der Waals surface area contributed by atoms with Crippen molar-refractivity contribution in [3.63, 3.8) is 0 Å². The Balaban J connectivity index is 1.32. The highest BCUT2D eigenvalue weighted by Gasteiger charge is 2.27. The minimum absolute atomic E-state index is 0.0698. The van der Waals surface area contributed by atoms with Crippen molar-refractivity contribution in [2.45, 2.75) is 46.2 Å². The molecule has 0 aromatic heterocycles. The standard InChI is InChI=1S/C25H33N3O3/c1-17(2)21-7-5-6-18(3)24(21)26-25(29)19(4)28-12-10-27(11-13-28)15-20-8-9-22-23(14-20)31-16-30-22/h5-9,14,17,19H,10-13,15-16H2,1-4H3,(H,26,29)/t19-/m1/s1. The van der Waals surface area contributed by atoms with Gasteiger partial charge >= 0.3 is 0 Å². The summed E-state index contributed by atoms with van der Waals surface area (Å²) < 4.78 is 10.9. The molecule has 2 aromatic rings. The Morgan fingerprint density at radius 3 is 2.52 bits per heavy atom. The van der Waals surface area contributed by atoms with Crippen LogP contribution in [0.2, 0.25) is 0 Å². The van der Waals surface area contributed by atoms with Gasteiger partial charge in [0.15, 0.2) is 11.5 Å². The predicted octanol–water partition coefficient (Wildman–Crippen LogP) is 3.99. The van der Waals surface area contributed by atoms with Gasteiger partial charge in [0.1, 0.15) is 0 Å². The highest BCUT2D eigenvalue weighted by Crippen LogP contribution is 2.33. The van der Waals surface area contributed by atoms with Crippen LogP contribution in [0.3, 0.4) is 0 Å². The number of amides is 1. The smallest absolute Gasteiger partial charge is 0.241 e. The van der Waals surface area contributed by atoms with E-state index in [2.05, 4.69) is 66.2 Å². The lowest BCUT2D eigenvalue weighted by atomic mass is 9.98. The van der Waals surface area contributed by atoms with Crippen molar-refractivity contribution in [3.05, 3.63) is 53.1 Å². The second-order valence-electron chi connectivity index (χ2n) is 8.86. The number of hydrogen-bond acceptors (Lipinski definition) is 5. The fourth-order valence-corrected chi connectivity index (χ4v) is 4.34. The molecule has 166 valence electrons. The Morgan fingerprint density at radius 2 is 1.77 bits per heavy atom. The highest BCUT2D eigenvalue weighted by atomic mass is 16.7. The van der Waals surface area contributed by atoms with Gasteiger partial charge in [0, 0.05) is 38.4 Å². The van der Waals surface area contributed by atoms with E-state index in [1.807, 2.05) is 13.0 Å². The number of ether oxygens (including phenoxy) is 2. The molecule has 31 heavy (non-hydrogen) atoms. The number of benzene rings is 2. The van der Waals surface area contributed by atoms with Gasteiger partial charge in [0.25, 0.3) is 0 Å². The average molecular weight is 424 g/mol. The summed E-state index contributed by atoms with van der Waals surface area (Å²) in [5.41, 5.74) is 4.49. The zero-order valence-corrected chi connectivity index (χ0v) is 19.0. The number of carbonyl (C=O) groups is 1. The Bertz CT molecular complexity index is 936. The monoisotopic (exact) mass is 423 g/mol. The molecular weight excluding hydrogens is 390 g/mol. The first-order valence-corrected chi connectivity index (χ1v) is 11.2. The second-order valence-corrected chi connectivity index (χ2v) is 8.86. The van der Waals surface area contributed by atoms with Crippen molar-refractivity contribution in [1.82, 2.24) is 9.80 Å². The molecular formula is C25H33N3O3. The van der Waals surface area contributed by atoms with Crippen molar-refractivity contribution in [3.8, 4) is 11.5 Å². The Labute approximate surface area is 185 Å². The third kappa shape index (κ3) is 4.86. The third-order valence-electron chi connectivity index (χ3n) is 6.35. The fraction of sp³-hybridized carbons (Fsp3) is 0.480. The second kappa shape index (κ2) is 9.28. The van der Waals surface area contributed by atoms with Crippen LogP contribution in [-0.4, -0.2) is 54.7 Å². The van der Waals surface area contributed by atoms with Crippen LogP contribution in [0.1, 0.15) is 43.4 Å². The number of fused-ring (bicyclic) bond motifs is 1. The Kier molecular flexibility index (Phi) is 6.49. The molecule has 1 N–H and O–H groups in total. The minimum Gasteiger partial charge on any atom is -0.454 e. The number of hydrogen-bond donors (Lipinski definition) is 1. The summed E-state index contributed by atoms with van der Waals surface area (Å²) in [5, 5.41) is 3.21. The van der Waals surface area contributed by atoms with Gasteiger partial charge in [-0.2, -0.15) is 0 Å². The number of para-hydroxylation sites is 1. The molecule has 2 aromatic carbocycles. The average Bonchev–Trinajstić information content (AvgIpc) is 3.23. The van der Waals surface area contributed by atoms with Crippen LogP contribution in [-0.2, 0) is 11.3 Å². The van der Waals surface area contributed by atoms with E-state index in [9.17, 15) is 4.79 Å². The van der Waals surface area contributed by atoms with Crippen molar-refractivity contribution in [2.75, 3.05) is 38.3 Å². The molecule has 4 rings (SSSR count). The van der Waals surface area contributed by atoms with Crippen molar-refractivity contribution >= 4 is 11.6 Å². The maximum Gasteiger partial charge on any atom is 0.241 e. The van der Waals surface area contributed by atoms with E-state index in [-0.39, 0.29) is 11.9 Å². The number of piperazine rings is 1. The van der Waals surface area contributed by atoms with Crippen molar-refractivity contribution in [1.29, 1.82) is 0 Å². The van der Waals surface area contributed by atoms with E-state index in [0.29, 0.717) is 12.7 Å². The van der Waals surface area contributed by atoms with Crippen LogP contribution in [0.5, 0.6) is 11.5 Å². The van der Waals surface area contributed by atoms with E-state index in [1.54, 1.807) is 0 Å². The third-order valence-corrected chi connectivity index (χ3v) is 6.35. The maximum absolute atomic E-state index is 13.0. The quantitative estimate of drug-likeness (QED) is 0.761. The topological polar surface area (TPSA) is 54.0 Å². The molecule has 6 nitrogen and oxygen atoms in total. The lowest BCUT2D eigenvalue weighted by molar-refractivity contribution is -0.121. The number of nitrogens with zero attached hydrogens (tertiary/aromatic N) is 2. The van der Waals surface area contributed by atoms with Crippen LogP contribution in [0, 0.1) is 6.92 Å². The lowest BCUT2D eigenvalue weighted by Crippen LogP contribution is -2.52. The summed E-state index contributed by atoms with van der Waals surface area (Å²) in [4.78, 5) is 17.7. The summed E-state index contributed by atoms with van der Waals surface area (Å²) in [6, 6.07) is 12.2. The molecule has 0 saturated carbocycles. The van der Waals surface area contributed by atoms with Gasteiger partial charge in [-0.3, -0.25) is 14.6 Å². The Hall–Kier alpha value is -2.57. The molecule has 2 heterocycles. The number of nitrogens with one attached hydrogen (secondary N) is 1.